The fraction of sp³-hybridized carbons (Fsp3) is 0.419. The van der Waals surface area contributed by atoms with E-state index in [1.54, 1.807) is 24.0 Å². The van der Waals surface area contributed by atoms with Crippen molar-refractivity contribution >= 4 is 17.6 Å². The first-order valence-corrected chi connectivity index (χ1v) is 13.1. The lowest BCUT2D eigenvalue weighted by Crippen LogP contribution is -2.49. The van der Waals surface area contributed by atoms with Crippen molar-refractivity contribution in [2.75, 3.05) is 4.90 Å². The number of benzene rings is 2. The van der Waals surface area contributed by atoms with Crippen LogP contribution in [0, 0.1) is 6.92 Å². The molecule has 0 aliphatic carbocycles. The maximum Gasteiger partial charge on any atom is 0.335 e. The largest absolute Gasteiger partial charge is 0.508 e. The highest BCUT2D eigenvalue weighted by molar-refractivity contribution is 6.11. The van der Waals surface area contributed by atoms with Crippen LogP contribution < -0.4 is 9.64 Å². The highest BCUT2D eigenvalue weighted by Crippen LogP contribution is 2.47. The zero-order valence-corrected chi connectivity index (χ0v) is 22.8. The molecule has 4 rings (SSSR count). The molecule has 0 radical (unpaired) electrons. The van der Waals surface area contributed by atoms with Crippen LogP contribution in [0.2, 0.25) is 0 Å². The Kier molecular flexibility index (Phi) is 7.70. The number of aromatic carboxylic acids is 1. The number of fused-ring (bicyclic) bond motifs is 3. The van der Waals surface area contributed by atoms with Gasteiger partial charge in [0.1, 0.15) is 17.1 Å². The molecule has 2 aromatic rings. The second-order valence-corrected chi connectivity index (χ2v) is 11.0. The molecule has 7 nitrogen and oxygen atoms in total. The quantitative estimate of drug-likeness (QED) is 0.365. The Morgan fingerprint density at radius 1 is 1.16 bits per heavy atom. The molecule has 0 fully saturated rings. The molecule has 202 valence electrons. The van der Waals surface area contributed by atoms with E-state index in [0.717, 1.165) is 19.3 Å². The number of aliphatic hydroxyl groups excluding tert-OH is 1. The Morgan fingerprint density at radius 2 is 1.89 bits per heavy atom. The summed E-state index contributed by atoms with van der Waals surface area (Å²) in [6, 6.07) is 6.11. The van der Waals surface area contributed by atoms with Gasteiger partial charge in [0.25, 0.3) is 5.91 Å². The third kappa shape index (κ3) is 5.34. The summed E-state index contributed by atoms with van der Waals surface area (Å²) in [6.45, 7) is 10.2. The number of aromatic hydroxyl groups is 1. The van der Waals surface area contributed by atoms with Crippen LogP contribution in [0.15, 0.2) is 47.6 Å². The van der Waals surface area contributed by atoms with Gasteiger partial charge in [-0.05, 0) is 90.1 Å². The molecule has 0 aromatic heterocycles. The number of hydrogen-bond acceptors (Lipinski definition) is 5. The van der Waals surface area contributed by atoms with Crippen molar-refractivity contribution in [3.8, 4) is 11.5 Å². The minimum Gasteiger partial charge on any atom is -0.508 e. The number of allylic oxidation sites excluding steroid dienone is 4. The van der Waals surface area contributed by atoms with Crippen molar-refractivity contribution in [3.05, 3.63) is 75.4 Å². The van der Waals surface area contributed by atoms with Gasteiger partial charge in [-0.25, -0.2) is 4.79 Å². The molecule has 0 bridgehead atoms. The van der Waals surface area contributed by atoms with Crippen molar-refractivity contribution in [2.24, 2.45) is 0 Å². The molecule has 3 N–H and O–H groups in total. The third-order valence-corrected chi connectivity index (χ3v) is 7.65. The van der Waals surface area contributed by atoms with Crippen LogP contribution in [0.5, 0.6) is 11.5 Å². The second kappa shape index (κ2) is 10.7. The molecule has 0 saturated carbocycles. The third-order valence-electron chi connectivity index (χ3n) is 7.65. The van der Waals surface area contributed by atoms with Gasteiger partial charge in [-0.1, -0.05) is 23.3 Å². The monoisotopic (exact) mass is 519 g/mol. The standard InChI is InChI=1S/C31H37NO6/c1-18(2)8-6-9-19(3)10-7-13-31(5)27(34)16-23-26(33)15-22-24(28(23)38-31)17-32(29(22)35)25-12-11-21(30(36)37)14-20(25)4/h8,10-12,14-15,27,33-34H,6-7,9,13,16-17H2,1-5H3,(H,36,37)/b19-10+. The number of carboxylic acids is 1. The SMILES string of the molecule is CC(C)=CCC/C(C)=C/CCC1(C)Oc2c(c(O)cc3c2CN(c2ccc(C(=O)O)cc2C)C3=O)CC1O. The average molecular weight is 520 g/mol. The van der Waals surface area contributed by atoms with Gasteiger partial charge >= 0.3 is 5.97 Å². The van der Waals surface area contributed by atoms with Crippen molar-refractivity contribution in [2.45, 2.75) is 85.0 Å². The first-order valence-electron chi connectivity index (χ1n) is 13.1. The molecule has 2 heterocycles. The molecule has 0 saturated heterocycles. The van der Waals surface area contributed by atoms with E-state index in [4.69, 9.17) is 4.74 Å². The van der Waals surface area contributed by atoms with E-state index >= 15 is 0 Å². The van der Waals surface area contributed by atoms with Gasteiger partial charge in [0.15, 0.2) is 0 Å². The smallest absolute Gasteiger partial charge is 0.335 e. The lowest BCUT2D eigenvalue weighted by Gasteiger charge is -2.40. The van der Waals surface area contributed by atoms with Crippen LogP contribution in [-0.4, -0.2) is 38.9 Å². The minimum atomic E-state index is -1.03. The molecule has 38 heavy (non-hydrogen) atoms. The highest BCUT2D eigenvalue weighted by Gasteiger charge is 2.44. The highest BCUT2D eigenvalue weighted by atomic mass is 16.5. The van der Waals surface area contributed by atoms with Crippen LogP contribution in [0.4, 0.5) is 5.69 Å². The summed E-state index contributed by atoms with van der Waals surface area (Å²) < 4.78 is 6.46. The number of ether oxygens (including phenoxy) is 1. The van der Waals surface area contributed by atoms with Gasteiger partial charge in [0.2, 0.25) is 0 Å². The van der Waals surface area contributed by atoms with Gasteiger partial charge in [0, 0.05) is 23.2 Å². The Hall–Kier alpha value is -3.58. The number of nitrogens with zero attached hydrogens (tertiary/aromatic N) is 1. The lowest BCUT2D eigenvalue weighted by molar-refractivity contribution is -0.0597. The van der Waals surface area contributed by atoms with Gasteiger partial charge < -0.3 is 25.0 Å². The predicted molar refractivity (Wildman–Crippen MR) is 147 cm³/mol. The number of aliphatic hydroxyl groups is 1. The Labute approximate surface area is 224 Å². The first kappa shape index (κ1) is 27.5. The first-order chi connectivity index (χ1) is 17.9. The number of aryl methyl sites for hydroxylation is 1. The van der Waals surface area contributed by atoms with E-state index in [9.17, 15) is 24.9 Å². The summed E-state index contributed by atoms with van der Waals surface area (Å²) in [7, 11) is 0. The van der Waals surface area contributed by atoms with Gasteiger partial charge in [0.05, 0.1) is 23.8 Å². The number of phenols is 1. The Bertz CT molecular complexity index is 1340. The summed E-state index contributed by atoms with van der Waals surface area (Å²) in [5.74, 6) is -0.912. The molecule has 7 heteroatoms. The van der Waals surface area contributed by atoms with E-state index < -0.39 is 17.7 Å². The Balaban J connectivity index is 1.58. The zero-order valence-electron chi connectivity index (χ0n) is 22.8. The number of rotatable bonds is 8. The summed E-state index contributed by atoms with van der Waals surface area (Å²) in [4.78, 5) is 26.3. The molecule has 2 atom stereocenters. The summed E-state index contributed by atoms with van der Waals surface area (Å²) in [6.07, 6.45) is 7.16. The summed E-state index contributed by atoms with van der Waals surface area (Å²) in [5.41, 5.74) is 4.70. The van der Waals surface area contributed by atoms with Gasteiger partial charge in [-0.2, -0.15) is 0 Å². The molecule has 1 amide bonds. The molecule has 2 unspecified atom stereocenters. The summed E-state index contributed by atoms with van der Waals surface area (Å²) in [5, 5.41) is 31.1. The molecule has 0 spiro atoms. The lowest BCUT2D eigenvalue weighted by atomic mass is 9.84. The van der Waals surface area contributed by atoms with E-state index in [1.807, 2.05) is 6.92 Å². The number of carbonyl (C=O) groups excluding carboxylic acids is 1. The van der Waals surface area contributed by atoms with E-state index in [0.29, 0.717) is 40.1 Å². The fourth-order valence-corrected chi connectivity index (χ4v) is 5.29. The number of carbonyl (C=O) groups is 2. The maximum atomic E-state index is 13.4. The number of hydrogen-bond donors (Lipinski definition) is 3. The topological polar surface area (TPSA) is 107 Å². The van der Waals surface area contributed by atoms with Crippen LogP contribution in [-0.2, 0) is 13.0 Å². The fourth-order valence-electron chi connectivity index (χ4n) is 5.29. The van der Waals surface area contributed by atoms with Crippen molar-refractivity contribution in [1.82, 2.24) is 0 Å². The minimum absolute atomic E-state index is 0.0667. The molecule has 2 aromatic carbocycles. The maximum absolute atomic E-state index is 13.4. The van der Waals surface area contributed by atoms with Gasteiger partial charge in [-0.3, -0.25) is 4.79 Å². The van der Waals surface area contributed by atoms with E-state index in [2.05, 4.69) is 32.9 Å². The van der Waals surface area contributed by atoms with E-state index in [-0.39, 0.29) is 30.2 Å². The van der Waals surface area contributed by atoms with E-state index in [1.165, 1.54) is 23.3 Å². The van der Waals surface area contributed by atoms with Crippen LogP contribution >= 0.6 is 0 Å². The normalized spacial score (nSPS) is 20.6. The molecule has 2 aliphatic heterocycles. The van der Waals surface area contributed by atoms with Crippen LogP contribution in [0.3, 0.4) is 0 Å². The average Bonchev–Trinajstić information content (AvgIpc) is 3.16. The number of phenolic OH excluding ortho intramolecular Hbond substituents is 1. The van der Waals surface area contributed by atoms with Crippen LogP contribution in [0.1, 0.15) is 90.8 Å². The summed E-state index contributed by atoms with van der Waals surface area (Å²) >= 11 is 0. The molecular formula is C31H37NO6. The van der Waals surface area contributed by atoms with Crippen LogP contribution in [0.25, 0.3) is 0 Å². The Morgan fingerprint density at radius 3 is 2.55 bits per heavy atom. The molecule has 2 aliphatic rings. The molecular weight excluding hydrogens is 482 g/mol. The zero-order chi connectivity index (χ0) is 27.8. The number of anilines is 1. The second-order valence-electron chi connectivity index (χ2n) is 11.0. The predicted octanol–water partition coefficient (Wildman–Crippen LogP) is 6.09. The number of carboxylic acid groups (broad SMARTS) is 1. The van der Waals surface area contributed by atoms with Crippen molar-refractivity contribution in [3.63, 3.8) is 0 Å². The van der Waals surface area contributed by atoms with Gasteiger partial charge in [-0.15, -0.1) is 0 Å². The number of amides is 1. The van der Waals surface area contributed by atoms with Crippen molar-refractivity contribution in [1.29, 1.82) is 0 Å². The van der Waals surface area contributed by atoms with Crippen molar-refractivity contribution < 1.29 is 29.6 Å².